The van der Waals surface area contributed by atoms with Crippen molar-refractivity contribution >= 4 is 28.5 Å². The number of aromatic nitrogens is 1. The second-order valence-electron chi connectivity index (χ2n) is 4.88. The van der Waals surface area contributed by atoms with Crippen LogP contribution in [-0.2, 0) is 10.5 Å². The number of hydrogen-bond acceptors (Lipinski definition) is 4. The topological polar surface area (TPSA) is 48.1 Å². The average molecular weight is 274 g/mol. The molecule has 0 radical (unpaired) electrons. The molecule has 1 saturated heterocycles. The van der Waals surface area contributed by atoms with Gasteiger partial charge in [0.25, 0.3) is 0 Å². The Balaban J connectivity index is 1.67. The minimum atomic E-state index is 0.430. The van der Waals surface area contributed by atoms with E-state index in [-0.39, 0.29) is 0 Å². The van der Waals surface area contributed by atoms with Crippen LogP contribution in [0, 0.1) is 0 Å². The van der Waals surface area contributed by atoms with Gasteiger partial charge in [-0.25, -0.2) is 4.98 Å². The van der Waals surface area contributed by atoms with Crippen LogP contribution in [0.25, 0.3) is 10.9 Å². The second kappa shape index (κ2) is 5.80. The molecule has 0 amide bonds. The molecular formula is C15H18N2OS. The van der Waals surface area contributed by atoms with E-state index in [2.05, 4.69) is 17.1 Å². The molecular weight excluding hydrogens is 256 g/mol. The van der Waals surface area contributed by atoms with E-state index in [0.29, 0.717) is 11.9 Å². The van der Waals surface area contributed by atoms with Gasteiger partial charge in [0, 0.05) is 29.1 Å². The predicted octanol–water partition coefficient (Wildman–Crippen LogP) is 3.23. The first-order chi connectivity index (χ1) is 9.33. The van der Waals surface area contributed by atoms with Crippen LogP contribution in [0.3, 0.4) is 0 Å². The number of nitrogen functional groups attached to an aromatic ring is 1. The summed E-state index contributed by atoms with van der Waals surface area (Å²) in [5, 5.41) is 1.16. The molecule has 100 valence electrons. The van der Waals surface area contributed by atoms with Gasteiger partial charge in [-0.2, -0.15) is 11.8 Å². The molecule has 0 aliphatic carbocycles. The third-order valence-corrected chi connectivity index (χ3v) is 4.54. The number of rotatable bonds is 4. The number of thioether (sulfide) groups is 1. The fourth-order valence-electron chi connectivity index (χ4n) is 2.37. The number of fused-ring (bicyclic) bond motifs is 1. The van der Waals surface area contributed by atoms with Crippen LogP contribution in [0.4, 0.5) is 5.82 Å². The van der Waals surface area contributed by atoms with Gasteiger partial charge in [0.2, 0.25) is 0 Å². The fraction of sp³-hybridized carbons (Fsp3) is 0.400. The smallest absolute Gasteiger partial charge is 0.128 e. The molecule has 1 unspecified atom stereocenters. The summed E-state index contributed by atoms with van der Waals surface area (Å²) in [5.41, 5.74) is 8.12. The highest BCUT2D eigenvalue weighted by molar-refractivity contribution is 7.98. The van der Waals surface area contributed by atoms with Crippen LogP contribution in [-0.4, -0.2) is 23.4 Å². The number of para-hydroxylation sites is 1. The maximum Gasteiger partial charge on any atom is 0.128 e. The molecule has 19 heavy (non-hydrogen) atoms. The first-order valence-corrected chi connectivity index (χ1v) is 7.82. The highest BCUT2D eigenvalue weighted by Crippen LogP contribution is 2.24. The molecule has 3 nitrogen and oxygen atoms in total. The SMILES string of the molecule is Nc1nc2ccccc2cc1CSCC1CCCO1. The normalized spacial score (nSPS) is 19.1. The molecule has 0 saturated carbocycles. The number of anilines is 1. The van der Waals surface area contributed by atoms with Crippen molar-refractivity contribution < 1.29 is 4.74 Å². The Bertz CT molecular complexity index is 567. The van der Waals surface area contributed by atoms with Crippen LogP contribution in [0.15, 0.2) is 30.3 Å². The van der Waals surface area contributed by atoms with E-state index in [1.54, 1.807) is 0 Å². The maximum atomic E-state index is 6.03. The lowest BCUT2D eigenvalue weighted by atomic mass is 10.1. The summed E-state index contributed by atoms with van der Waals surface area (Å²) in [7, 11) is 0. The molecule has 1 aliphatic heterocycles. The fourth-order valence-corrected chi connectivity index (χ4v) is 3.46. The summed E-state index contributed by atoms with van der Waals surface area (Å²) >= 11 is 1.88. The molecule has 0 bridgehead atoms. The zero-order valence-electron chi connectivity index (χ0n) is 10.8. The highest BCUT2D eigenvalue weighted by Gasteiger charge is 2.15. The number of nitrogens with two attached hydrogens (primary N) is 1. The number of ether oxygens (including phenoxy) is 1. The van der Waals surface area contributed by atoms with E-state index < -0.39 is 0 Å². The highest BCUT2D eigenvalue weighted by atomic mass is 32.2. The van der Waals surface area contributed by atoms with Crippen LogP contribution in [0.1, 0.15) is 18.4 Å². The largest absolute Gasteiger partial charge is 0.383 e. The van der Waals surface area contributed by atoms with Crippen molar-refractivity contribution in [2.45, 2.75) is 24.7 Å². The second-order valence-corrected chi connectivity index (χ2v) is 5.91. The van der Waals surface area contributed by atoms with Crippen molar-refractivity contribution in [3.05, 3.63) is 35.9 Å². The molecule has 0 spiro atoms. The standard InChI is InChI=1S/C15H18N2OS/c16-15-12(9-19-10-13-5-3-7-18-13)8-11-4-1-2-6-14(11)17-15/h1-2,4,6,8,13H,3,5,7,9-10H2,(H2,16,17). The number of hydrogen-bond donors (Lipinski definition) is 1. The summed E-state index contributed by atoms with van der Waals surface area (Å²) < 4.78 is 5.62. The maximum absolute atomic E-state index is 6.03. The zero-order chi connectivity index (χ0) is 13.1. The Hall–Kier alpha value is -1.26. The van der Waals surface area contributed by atoms with E-state index in [9.17, 15) is 0 Å². The third-order valence-electron chi connectivity index (χ3n) is 3.42. The summed E-state index contributed by atoms with van der Waals surface area (Å²) in [5.74, 6) is 2.61. The molecule has 1 fully saturated rings. The Morgan fingerprint density at radius 1 is 1.37 bits per heavy atom. The van der Waals surface area contributed by atoms with Crippen molar-refractivity contribution in [1.82, 2.24) is 4.98 Å². The quantitative estimate of drug-likeness (QED) is 0.930. The number of nitrogens with zero attached hydrogens (tertiary/aromatic N) is 1. The van der Waals surface area contributed by atoms with Crippen molar-refractivity contribution in [1.29, 1.82) is 0 Å². The third kappa shape index (κ3) is 3.01. The van der Waals surface area contributed by atoms with Gasteiger partial charge < -0.3 is 10.5 Å². The van der Waals surface area contributed by atoms with E-state index in [0.717, 1.165) is 34.6 Å². The van der Waals surface area contributed by atoms with Crippen molar-refractivity contribution in [2.75, 3.05) is 18.1 Å². The van der Waals surface area contributed by atoms with Crippen LogP contribution >= 0.6 is 11.8 Å². The molecule has 1 aromatic carbocycles. The van der Waals surface area contributed by atoms with E-state index in [1.165, 1.54) is 12.8 Å². The zero-order valence-corrected chi connectivity index (χ0v) is 11.7. The van der Waals surface area contributed by atoms with Gasteiger partial charge in [0.05, 0.1) is 11.6 Å². The van der Waals surface area contributed by atoms with Crippen molar-refractivity contribution in [3.63, 3.8) is 0 Å². The van der Waals surface area contributed by atoms with E-state index >= 15 is 0 Å². The first kappa shape index (κ1) is 12.8. The van der Waals surface area contributed by atoms with E-state index in [1.807, 2.05) is 30.0 Å². The monoisotopic (exact) mass is 274 g/mol. The summed E-state index contributed by atoms with van der Waals surface area (Å²) in [4.78, 5) is 4.46. The van der Waals surface area contributed by atoms with Crippen molar-refractivity contribution in [3.8, 4) is 0 Å². The Labute approximate surface area is 117 Å². The van der Waals surface area contributed by atoms with Gasteiger partial charge in [-0.1, -0.05) is 18.2 Å². The van der Waals surface area contributed by atoms with Crippen molar-refractivity contribution in [2.24, 2.45) is 0 Å². The van der Waals surface area contributed by atoms with Gasteiger partial charge in [-0.05, 0) is 25.0 Å². The molecule has 1 aromatic heterocycles. The number of benzene rings is 1. The lowest BCUT2D eigenvalue weighted by molar-refractivity contribution is 0.129. The van der Waals surface area contributed by atoms with Crippen LogP contribution in [0.5, 0.6) is 0 Å². The summed E-state index contributed by atoms with van der Waals surface area (Å²) in [6, 6.07) is 10.2. The van der Waals surface area contributed by atoms with Gasteiger partial charge in [0.15, 0.2) is 0 Å². The summed E-state index contributed by atoms with van der Waals surface area (Å²) in [6.45, 7) is 0.922. The van der Waals surface area contributed by atoms with Gasteiger partial charge in [-0.3, -0.25) is 0 Å². The molecule has 2 aromatic rings. The molecule has 2 heterocycles. The van der Waals surface area contributed by atoms with Crippen LogP contribution < -0.4 is 5.73 Å². The number of pyridine rings is 1. The van der Waals surface area contributed by atoms with Crippen LogP contribution in [0.2, 0.25) is 0 Å². The lowest BCUT2D eigenvalue weighted by Gasteiger charge is -2.10. The molecule has 2 N–H and O–H groups in total. The van der Waals surface area contributed by atoms with Gasteiger partial charge in [-0.15, -0.1) is 0 Å². The average Bonchev–Trinajstić information content (AvgIpc) is 2.92. The minimum absolute atomic E-state index is 0.430. The lowest BCUT2D eigenvalue weighted by Crippen LogP contribution is -2.08. The molecule has 1 aliphatic rings. The van der Waals surface area contributed by atoms with Gasteiger partial charge >= 0.3 is 0 Å². The Kier molecular flexibility index (Phi) is 3.89. The molecule has 4 heteroatoms. The Morgan fingerprint density at radius 3 is 3.11 bits per heavy atom. The first-order valence-electron chi connectivity index (χ1n) is 6.66. The summed E-state index contributed by atoms with van der Waals surface area (Å²) in [6.07, 6.45) is 2.82. The molecule has 3 rings (SSSR count). The minimum Gasteiger partial charge on any atom is -0.383 e. The van der Waals surface area contributed by atoms with E-state index in [4.69, 9.17) is 10.5 Å². The van der Waals surface area contributed by atoms with Gasteiger partial charge in [0.1, 0.15) is 5.82 Å². The Morgan fingerprint density at radius 2 is 2.26 bits per heavy atom. The molecule has 1 atom stereocenters. The predicted molar refractivity (Wildman–Crippen MR) is 81.3 cm³/mol.